The second-order valence-electron chi connectivity index (χ2n) is 8.79. The summed E-state index contributed by atoms with van der Waals surface area (Å²) < 4.78 is 0. The standard InChI is InChI=1S/C26H26N4O4.ClH/c1-26(2,3)19-11-8-17(9-12-19)24(32)30-21-14-18(25(33)34)10-13-20(21)29-23(31)16-6-4-15(5-7-16)22(27)28;/h4-14H,1-3H3,(H3,27,28)(H,29,31)(H,30,32)(H,33,34);1H. The Labute approximate surface area is 209 Å². The van der Waals surface area contributed by atoms with Crippen molar-refractivity contribution < 1.29 is 19.5 Å². The van der Waals surface area contributed by atoms with Gasteiger partial charge in [-0.3, -0.25) is 15.0 Å². The van der Waals surface area contributed by atoms with Gasteiger partial charge in [0.15, 0.2) is 0 Å². The molecular formula is C26H27ClN4O4. The predicted octanol–water partition coefficient (Wildman–Crippen LogP) is 4.89. The number of nitrogens with one attached hydrogen (secondary N) is 3. The zero-order chi connectivity index (χ0) is 25.0. The molecule has 35 heavy (non-hydrogen) atoms. The number of nitrogens with two attached hydrogens (primary N) is 1. The van der Waals surface area contributed by atoms with Crippen molar-refractivity contribution in [3.8, 4) is 0 Å². The Morgan fingerprint density at radius 3 is 1.63 bits per heavy atom. The zero-order valence-electron chi connectivity index (χ0n) is 19.5. The van der Waals surface area contributed by atoms with E-state index in [9.17, 15) is 19.5 Å². The summed E-state index contributed by atoms with van der Waals surface area (Å²) in [5.41, 5.74) is 7.98. The molecule has 0 spiro atoms. The van der Waals surface area contributed by atoms with Crippen LogP contribution < -0.4 is 16.4 Å². The number of hydrogen-bond acceptors (Lipinski definition) is 4. The minimum absolute atomic E-state index is 0. The molecule has 0 unspecified atom stereocenters. The first kappa shape index (κ1) is 27.1. The van der Waals surface area contributed by atoms with Gasteiger partial charge in [0.1, 0.15) is 5.84 Å². The third-order valence-corrected chi connectivity index (χ3v) is 5.23. The summed E-state index contributed by atoms with van der Waals surface area (Å²) in [5.74, 6) is -2.19. The Morgan fingerprint density at radius 2 is 1.17 bits per heavy atom. The lowest BCUT2D eigenvalue weighted by Gasteiger charge is -2.19. The Morgan fingerprint density at radius 1 is 0.743 bits per heavy atom. The van der Waals surface area contributed by atoms with Crippen LogP contribution in [0.25, 0.3) is 0 Å². The number of halogens is 1. The van der Waals surface area contributed by atoms with E-state index in [2.05, 4.69) is 31.4 Å². The zero-order valence-corrected chi connectivity index (χ0v) is 20.3. The van der Waals surface area contributed by atoms with Crippen molar-refractivity contribution in [1.29, 1.82) is 5.41 Å². The molecule has 0 aliphatic rings. The van der Waals surface area contributed by atoms with Crippen molar-refractivity contribution in [2.45, 2.75) is 26.2 Å². The summed E-state index contributed by atoms with van der Waals surface area (Å²) in [4.78, 5) is 37.0. The molecule has 0 fully saturated rings. The van der Waals surface area contributed by atoms with Gasteiger partial charge in [0.2, 0.25) is 0 Å². The fourth-order valence-electron chi connectivity index (χ4n) is 3.20. The molecule has 9 heteroatoms. The van der Waals surface area contributed by atoms with Crippen LogP contribution in [0.4, 0.5) is 11.4 Å². The molecule has 3 aromatic carbocycles. The highest BCUT2D eigenvalue weighted by Crippen LogP contribution is 2.26. The molecule has 2 amide bonds. The Balaban J connectivity index is 0.00000432. The first-order valence-electron chi connectivity index (χ1n) is 10.5. The summed E-state index contributed by atoms with van der Waals surface area (Å²) in [6.45, 7) is 6.21. The first-order chi connectivity index (χ1) is 16.0. The second-order valence-corrected chi connectivity index (χ2v) is 8.79. The molecule has 8 nitrogen and oxygen atoms in total. The third kappa shape index (κ3) is 6.68. The molecular weight excluding hydrogens is 468 g/mol. The highest BCUT2D eigenvalue weighted by atomic mass is 35.5. The molecule has 182 valence electrons. The molecule has 0 aliphatic heterocycles. The lowest BCUT2D eigenvalue weighted by Crippen LogP contribution is -2.18. The van der Waals surface area contributed by atoms with E-state index in [0.29, 0.717) is 16.7 Å². The number of hydrogen-bond donors (Lipinski definition) is 5. The summed E-state index contributed by atoms with van der Waals surface area (Å²) in [6, 6.07) is 17.3. The van der Waals surface area contributed by atoms with Crippen LogP contribution in [0, 0.1) is 5.41 Å². The van der Waals surface area contributed by atoms with E-state index in [-0.39, 0.29) is 40.6 Å². The molecule has 0 aliphatic carbocycles. The number of rotatable bonds is 6. The van der Waals surface area contributed by atoms with Crippen molar-refractivity contribution in [3.63, 3.8) is 0 Å². The number of carbonyl (C=O) groups excluding carboxylic acids is 2. The molecule has 0 atom stereocenters. The highest BCUT2D eigenvalue weighted by molar-refractivity contribution is 6.11. The van der Waals surface area contributed by atoms with Gasteiger partial charge in [-0.15, -0.1) is 12.4 Å². The maximum absolute atomic E-state index is 12.9. The van der Waals surface area contributed by atoms with Crippen molar-refractivity contribution in [3.05, 3.63) is 94.5 Å². The third-order valence-electron chi connectivity index (χ3n) is 5.23. The van der Waals surface area contributed by atoms with Crippen LogP contribution in [0.5, 0.6) is 0 Å². The van der Waals surface area contributed by atoms with Crippen LogP contribution >= 0.6 is 12.4 Å². The van der Waals surface area contributed by atoms with Gasteiger partial charge < -0.3 is 21.5 Å². The van der Waals surface area contributed by atoms with Crippen molar-refractivity contribution in [2.75, 3.05) is 10.6 Å². The maximum Gasteiger partial charge on any atom is 0.335 e. The molecule has 0 heterocycles. The molecule has 0 aromatic heterocycles. The highest BCUT2D eigenvalue weighted by Gasteiger charge is 2.17. The average Bonchev–Trinajstić information content (AvgIpc) is 2.79. The first-order valence-corrected chi connectivity index (χ1v) is 10.5. The van der Waals surface area contributed by atoms with Crippen LogP contribution in [-0.4, -0.2) is 28.7 Å². The van der Waals surface area contributed by atoms with Crippen LogP contribution in [0.2, 0.25) is 0 Å². The normalized spacial score (nSPS) is 10.6. The molecule has 0 saturated heterocycles. The number of amides is 2. The van der Waals surface area contributed by atoms with E-state index in [1.165, 1.54) is 30.3 Å². The second kappa shape index (κ2) is 10.8. The fraction of sp³-hybridized carbons (Fsp3) is 0.154. The Bertz CT molecular complexity index is 1260. The molecule has 3 aromatic rings. The lowest BCUT2D eigenvalue weighted by molar-refractivity contribution is 0.0696. The SMILES string of the molecule is CC(C)(C)c1ccc(C(=O)Nc2cc(C(=O)O)ccc2NC(=O)c2ccc(C(=N)N)cc2)cc1.Cl. The van der Waals surface area contributed by atoms with Crippen LogP contribution in [0.1, 0.15) is 63.0 Å². The van der Waals surface area contributed by atoms with Gasteiger partial charge in [-0.25, -0.2) is 4.79 Å². The van der Waals surface area contributed by atoms with E-state index < -0.39 is 17.8 Å². The summed E-state index contributed by atoms with van der Waals surface area (Å²) in [7, 11) is 0. The molecule has 0 bridgehead atoms. The van der Waals surface area contributed by atoms with Crippen molar-refractivity contribution in [1.82, 2.24) is 0 Å². The van der Waals surface area contributed by atoms with E-state index in [4.69, 9.17) is 11.1 Å². The van der Waals surface area contributed by atoms with E-state index in [1.54, 1.807) is 24.3 Å². The number of carboxylic acids is 1. The predicted molar refractivity (Wildman–Crippen MR) is 139 cm³/mol. The minimum Gasteiger partial charge on any atom is -0.478 e. The van der Waals surface area contributed by atoms with Gasteiger partial charge in [-0.1, -0.05) is 45.0 Å². The number of carboxylic acid groups (broad SMARTS) is 1. The van der Waals surface area contributed by atoms with E-state index in [1.807, 2.05) is 12.1 Å². The van der Waals surface area contributed by atoms with Crippen LogP contribution in [0.3, 0.4) is 0 Å². The monoisotopic (exact) mass is 494 g/mol. The van der Waals surface area contributed by atoms with Gasteiger partial charge in [0.25, 0.3) is 11.8 Å². The van der Waals surface area contributed by atoms with Crippen molar-refractivity contribution in [2.24, 2.45) is 5.73 Å². The van der Waals surface area contributed by atoms with Gasteiger partial charge in [0.05, 0.1) is 16.9 Å². The molecule has 6 N–H and O–H groups in total. The summed E-state index contributed by atoms with van der Waals surface area (Å²) in [5, 5.41) is 22.2. The number of anilines is 2. The fourth-order valence-corrected chi connectivity index (χ4v) is 3.20. The topological polar surface area (TPSA) is 145 Å². The van der Waals surface area contributed by atoms with Gasteiger partial charge in [-0.2, -0.15) is 0 Å². The number of carbonyl (C=O) groups is 3. The van der Waals surface area contributed by atoms with E-state index >= 15 is 0 Å². The number of aromatic carboxylic acids is 1. The largest absolute Gasteiger partial charge is 0.478 e. The minimum atomic E-state index is -1.16. The smallest absolute Gasteiger partial charge is 0.335 e. The molecule has 0 saturated carbocycles. The Hall–Kier alpha value is -4.17. The van der Waals surface area contributed by atoms with Crippen LogP contribution in [-0.2, 0) is 5.41 Å². The Kier molecular flexibility index (Phi) is 8.38. The summed E-state index contributed by atoms with van der Waals surface area (Å²) in [6.07, 6.45) is 0. The van der Waals surface area contributed by atoms with Crippen LogP contribution in [0.15, 0.2) is 66.7 Å². The molecule has 3 rings (SSSR count). The lowest BCUT2D eigenvalue weighted by atomic mass is 9.87. The quantitative estimate of drug-likeness (QED) is 0.244. The number of benzene rings is 3. The van der Waals surface area contributed by atoms with E-state index in [0.717, 1.165) is 5.56 Å². The number of amidine groups is 1. The number of nitrogen functional groups attached to an aromatic ring is 1. The maximum atomic E-state index is 12.9. The van der Waals surface area contributed by atoms with Gasteiger partial charge >= 0.3 is 5.97 Å². The van der Waals surface area contributed by atoms with Crippen molar-refractivity contribution >= 4 is 47.4 Å². The summed E-state index contributed by atoms with van der Waals surface area (Å²) >= 11 is 0. The molecule has 0 radical (unpaired) electrons. The van der Waals surface area contributed by atoms with Gasteiger partial charge in [0, 0.05) is 16.7 Å². The van der Waals surface area contributed by atoms with Gasteiger partial charge in [-0.05, 0) is 53.4 Å². The average molecular weight is 495 g/mol.